The van der Waals surface area contributed by atoms with Crippen LogP contribution in [0.4, 0.5) is 0 Å². The van der Waals surface area contributed by atoms with Crippen LogP contribution in [0.2, 0.25) is 0 Å². The molecular formula is C22H24N4O3S. The van der Waals surface area contributed by atoms with E-state index in [1.165, 1.54) is 19.1 Å². The fourth-order valence-electron chi connectivity index (χ4n) is 3.64. The smallest absolute Gasteiger partial charge is 0.269 e. The molecule has 4 rings (SSSR count). The first kappa shape index (κ1) is 20.4. The quantitative estimate of drug-likeness (QED) is 0.603. The van der Waals surface area contributed by atoms with Crippen LogP contribution in [0.1, 0.15) is 35.8 Å². The largest absolute Gasteiger partial charge is 0.364 e. The number of nitrogens with zero attached hydrogens (tertiary/aromatic N) is 2. The highest BCUT2D eigenvalue weighted by molar-refractivity contribution is 7.90. The Morgan fingerprint density at radius 3 is 2.40 bits per heavy atom. The second-order valence-corrected chi connectivity index (χ2v) is 9.94. The van der Waals surface area contributed by atoms with E-state index in [0.29, 0.717) is 24.0 Å². The van der Waals surface area contributed by atoms with Gasteiger partial charge in [-0.05, 0) is 55.0 Å². The molecule has 156 valence electrons. The predicted octanol–water partition coefficient (Wildman–Crippen LogP) is 2.69. The molecule has 3 aromatic rings. The van der Waals surface area contributed by atoms with Crippen molar-refractivity contribution in [1.29, 1.82) is 0 Å². The molecule has 0 radical (unpaired) electrons. The molecule has 1 aliphatic rings. The highest BCUT2D eigenvalue weighted by atomic mass is 32.2. The Bertz CT molecular complexity index is 1220. The van der Waals surface area contributed by atoms with E-state index in [1.807, 2.05) is 18.2 Å². The molecule has 0 saturated heterocycles. The maximum Gasteiger partial charge on any atom is 0.269 e. The van der Waals surface area contributed by atoms with Crippen LogP contribution >= 0.6 is 0 Å². The Balaban J connectivity index is 1.70. The Hall–Kier alpha value is -2.84. The van der Waals surface area contributed by atoms with Crippen LogP contribution in [-0.2, 0) is 16.4 Å². The number of nitrogens with two attached hydrogens (primary N) is 1. The van der Waals surface area contributed by atoms with Gasteiger partial charge in [0.15, 0.2) is 15.5 Å². The van der Waals surface area contributed by atoms with Gasteiger partial charge in [-0.3, -0.25) is 4.79 Å². The summed E-state index contributed by atoms with van der Waals surface area (Å²) in [6.07, 6.45) is 3.64. The summed E-state index contributed by atoms with van der Waals surface area (Å²) in [4.78, 5) is 12.2. The average Bonchev–Trinajstić information content (AvgIpc) is 3.56. The summed E-state index contributed by atoms with van der Waals surface area (Å²) in [7, 11) is -3.24. The van der Waals surface area contributed by atoms with Crippen molar-refractivity contribution < 1.29 is 13.2 Å². The van der Waals surface area contributed by atoms with E-state index in [2.05, 4.69) is 22.4 Å². The number of fused-ring (bicyclic) bond motifs is 1. The summed E-state index contributed by atoms with van der Waals surface area (Å²) in [6.45, 7) is 2.64. The standard InChI is InChI=1S/C22H24N4O3S/c1-13(14-3-4-14)24-12-19-18-10-7-16(11-20(18)25-26-21(19)22(23)27)15-5-8-17(9-6-15)30(2,28)29/h5-11,13-14,24H,3-4,12H2,1-2H3,(H2,23,27). The topological polar surface area (TPSA) is 115 Å². The van der Waals surface area contributed by atoms with Gasteiger partial charge in [0, 0.05) is 29.8 Å². The molecule has 0 spiro atoms. The lowest BCUT2D eigenvalue weighted by atomic mass is 10.0. The van der Waals surface area contributed by atoms with E-state index in [9.17, 15) is 13.2 Å². The molecule has 1 fully saturated rings. The van der Waals surface area contributed by atoms with Crippen LogP contribution in [-0.4, -0.2) is 36.8 Å². The van der Waals surface area contributed by atoms with Gasteiger partial charge in [0.05, 0.1) is 10.4 Å². The lowest BCUT2D eigenvalue weighted by Crippen LogP contribution is -2.29. The van der Waals surface area contributed by atoms with Crippen LogP contribution in [0.5, 0.6) is 0 Å². The van der Waals surface area contributed by atoms with E-state index in [1.54, 1.807) is 24.3 Å². The van der Waals surface area contributed by atoms with Crippen molar-refractivity contribution in [2.24, 2.45) is 11.7 Å². The number of carbonyl (C=O) groups excluding carboxylic acids is 1. The number of benzene rings is 2. The highest BCUT2D eigenvalue weighted by Crippen LogP contribution is 2.33. The maximum absolute atomic E-state index is 11.9. The van der Waals surface area contributed by atoms with Crippen LogP contribution in [0.15, 0.2) is 47.4 Å². The zero-order valence-electron chi connectivity index (χ0n) is 16.9. The number of primary amides is 1. The Kier molecular flexibility index (Phi) is 5.29. The third-order valence-electron chi connectivity index (χ3n) is 5.65. The number of hydrogen-bond donors (Lipinski definition) is 2. The zero-order valence-corrected chi connectivity index (χ0v) is 17.7. The number of aromatic nitrogens is 2. The lowest BCUT2D eigenvalue weighted by Gasteiger charge is -2.15. The molecule has 7 nitrogen and oxygen atoms in total. The molecular weight excluding hydrogens is 400 g/mol. The van der Waals surface area contributed by atoms with Gasteiger partial charge in [0.25, 0.3) is 5.91 Å². The van der Waals surface area contributed by atoms with Gasteiger partial charge < -0.3 is 11.1 Å². The van der Waals surface area contributed by atoms with E-state index in [4.69, 9.17) is 5.73 Å². The predicted molar refractivity (Wildman–Crippen MR) is 116 cm³/mol. The first-order valence-corrected chi connectivity index (χ1v) is 11.8. The first-order chi connectivity index (χ1) is 14.2. The molecule has 8 heteroatoms. The summed E-state index contributed by atoms with van der Waals surface area (Å²) in [6, 6.07) is 12.8. The molecule has 1 saturated carbocycles. The second kappa shape index (κ2) is 7.77. The minimum absolute atomic E-state index is 0.184. The third-order valence-corrected chi connectivity index (χ3v) is 6.77. The van der Waals surface area contributed by atoms with E-state index >= 15 is 0 Å². The zero-order chi connectivity index (χ0) is 21.5. The lowest BCUT2D eigenvalue weighted by molar-refractivity contribution is 0.0993. The number of rotatable bonds is 7. The van der Waals surface area contributed by atoms with Crippen molar-refractivity contribution >= 4 is 26.6 Å². The normalized spacial score (nSPS) is 15.3. The van der Waals surface area contributed by atoms with Gasteiger partial charge >= 0.3 is 0 Å². The van der Waals surface area contributed by atoms with E-state index in [-0.39, 0.29) is 10.6 Å². The van der Waals surface area contributed by atoms with Crippen molar-refractivity contribution in [1.82, 2.24) is 15.5 Å². The summed E-state index contributed by atoms with van der Waals surface area (Å²) in [5, 5.41) is 12.6. The van der Waals surface area contributed by atoms with Crippen LogP contribution in [0, 0.1) is 5.92 Å². The van der Waals surface area contributed by atoms with Crippen LogP contribution < -0.4 is 11.1 Å². The van der Waals surface area contributed by atoms with E-state index in [0.717, 1.165) is 22.1 Å². The molecule has 0 aliphatic heterocycles. The van der Waals surface area contributed by atoms with Gasteiger partial charge in [-0.15, -0.1) is 10.2 Å². The van der Waals surface area contributed by atoms with E-state index < -0.39 is 15.7 Å². The van der Waals surface area contributed by atoms with Crippen LogP contribution in [0.3, 0.4) is 0 Å². The SMILES string of the molecule is CC(NCc1c(C(N)=O)nnc2cc(-c3ccc(S(C)(=O)=O)cc3)ccc12)C1CC1. The molecule has 1 aliphatic carbocycles. The Morgan fingerprint density at radius 1 is 1.13 bits per heavy atom. The number of sulfone groups is 1. The van der Waals surface area contributed by atoms with Crippen LogP contribution in [0.25, 0.3) is 22.0 Å². The van der Waals surface area contributed by atoms with Gasteiger partial charge in [-0.25, -0.2) is 8.42 Å². The molecule has 3 N–H and O–H groups in total. The van der Waals surface area contributed by atoms with Crippen molar-refractivity contribution in [3.8, 4) is 11.1 Å². The van der Waals surface area contributed by atoms with Crippen molar-refractivity contribution in [2.45, 2.75) is 37.2 Å². The van der Waals surface area contributed by atoms with Gasteiger partial charge in [-0.1, -0.05) is 24.3 Å². The molecule has 1 atom stereocenters. The monoisotopic (exact) mass is 424 g/mol. The molecule has 1 aromatic heterocycles. The molecule has 1 heterocycles. The summed E-state index contributed by atoms with van der Waals surface area (Å²) in [5.41, 5.74) is 8.87. The summed E-state index contributed by atoms with van der Waals surface area (Å²) in [5.74, 6) is 0.0883. The minimum Gasteiger partial charge on any atom is -0.364 e. The Labute approximate surface area is 175 Å². The fourth-order valence-corrected chi connectivity index (χ4v) is 4.27. The van der Waals surface area contributed by atoms with Gasteiger partial charge in [0.2, 0.25) is 0 Å². The second-order valence-electron chi connectivity index (χ2n) is 7.93. The summed E-state index contributed by atoms with van der Waals surface area (Å²) < 4.78 is 23.3. The number of carbonyl (C=O) groups is 1. The first-order valence-electron chi connectivity index (χ1n) is 9.87. The van der Waals surface area contributed by atoms with Crippen molar-refractivity contribution in [3.05, 3.63) is 53.7 Å². The van der Waals surface area contributed by atoms with Gasteiger partial charge in [-0.2, -0.15) is 0 Å². The average molecular weight is 425 g/mol. The number of amides is 1. The minimum atomic E-state index is -3.24. The third kappa shape index (κ3) is 4.20. The number of hydrogen-bond acceptors (Lipinski definition) is 6. The molecule has 2 aromatic carbocycles. The molecule has 0 bridgehead atoms. The number of nitrogens with one attached hydrogen (secondary N) is 1. The fraction of sp³-hybridized carbons (Fsp3) is 0.318. The summed E-state index contributed by atoms with van der Waals surface area (Å²) >= 11 is 0. The van der Waals surface area contributed by atoms with Crippen molar-refractivity contribution in [3.63, 3.8) is 0 Å². The Morgan fingerprint density at radius 2 is 1.80 bits per heavy atom. The molecule has 1 unspecified atom stereocenters. The maximum atomic E-state index is 11.9. The molecule has 1 amide bonds. The van der Waals surface area contributed by atoms with Gasteiger partial charge in [0.1, 0.15) is 0 Å². The van der Waals surface area contributed by atoms with Crippen molar-refractivity contribution in [2.75, 3.05) is 6.26 Å². The highest BCUT2D eigenvalue weighted by Gasteiger charge is 2.28. The molecule has 30 heavy (non-hydrogen) atoms.